The summed E-state index contributed by atoms with van der Waals surface area (Å²) in [4.78, 5) is 1.88. The fourth-order valence-corrected chi connectivity index (χ4v) is 2.55. The maximum atomic E-state index is 11.7. The van der Waals surface area contributed by atoms with Gasteiger partial charge < -0.3 is 5.73 Å². The van der Waals surface area contributed by atoms with Crippen LogP contribution >= 0.6 is 0 Å². The van der Waals surface area contributed by atoms with Crippen LogP contribution in [0, 0.1) is 0 Å². The summed E-state index contributed by atoms with van der Waals surface area (Å²) < 4.78 is 23.4. The first-order valence-electron chi connectivity index (χ1n) is 4.15. The smallest absolute Gasteiger partial charge is 0.191 e. The molecule has 0 atom stereocenters. The van der Waals surface area contributed by atoms with Gasteiger partial charge in [-0.25, -0.2) is 8.42 Å². The third-order valence-corrected chi connectivity index (χ3v) is 3.47. The van der Waals surface area contributed by atoms with Crippen molar-refractivity contribution in [3.05, 3.63) is 24.3 Å². The Kier molecular flexibility index (Phi) is 3.13. The van der Waals surface area contributed by atoms with Crippen molar-refractivity contribution in [1.29, 1.82) is 0 Å². The minimum Gasteiger partial charge on any atom is -0.399 e. The van der Waals surface area contributed by atoms with Crippen LogP contribution in [0.3, 0.4) is 0 Å². The van der Waals surface area contributed by atoms with E-state index < -0.39 is 9.84 Å². The third-order valence-electron chi connectivity index (χ3n) is 1.65. The van der Waals surface area contributed by atoms with Gasteiger partial charge >= 0.3 is 0 Å². The zero-order chi connectivity index (χ0) is 10.8. The van der Waals surface area contributed by atoms with E-state index in [9.17, 15) is 8.42 Å². The number of nitrogen functional groups attached to an aromatic ring is 1. The van der Waals surface area contributed by atoms with Gasteiger partial charge in [-0.05, 0) is 32.3 Å². The predicted octanol–water partition coefficient (Wildman–Crippen LogP) is 0.562. The highest BCUT2D eigenvalue weighted by Gasteiger charge is 2.14. The van der Waals surface area contributed by atoms with Crippen molar-refractivity contribution in [3.63, 3.8) is 0 Å². The van der Waals surface area contributed by atoms with Gasteiger partial charge in [-0.2, -0.15) is 0 Å². The molecule has 0 amide bonds. The molecule has 0 aromatic heterocycles. The molecule has 0 saturated carbocycles. The van der Waals surface area contributed by atoms with Crippen molar-refractivity contribution in [2.75, 3.05) is 25.7 Å². The minimum atomic E-state index is -3.24. The van der Waals surface area contributed by atoms with Crippen LogP contribution in [-0.2, 0) is 9.84 Å². The quantitative estimate of drug-likeness (QED) is 0.747. The Morgan fingerprint density at radius 3 is 2.50 bits per heavy atom. The van der Waals surface area contributed by atoms with Crippen LogP contribution < -0.4 is 5.73 Å². The van der Waals surface area contributed by atoms with Crippen molar-refractivity contribution in [1.82, 2.24) is 4.90 Å². The summed E-state index contributed by atoms with van der Waals surface area (Å²) in [6, 6.07) is 6.32. The first kappa shape index (κ1) is 11.0. The first-order chi connectivity index (χ1) is 6.42. The summed E-state index contributed by atoms with van der Waals surface area (Å²) in [6.07, 6.45) is 0. The third kappa shape index (κ3) is 2.71. The Hall–Kier alpha value is -1.07. The molecule has 14 heavy (non-hydrogen) atoms. The van der Waals surface area contributed by atoms with Gasteiger partial charge in [0.05, 0.1) is 4.90 Å². The molecule has 0 fully saturated rings. The van der Waals surface area contributed by atoms with Gasteiger partial charge in [0, 0.05) is 5.69 Å². The Bertz CT molecular complexity index is 413. The standard InChI is InChI=1S/C9H14N2O2S/c1-11(2)7-14(12,13)9-5-3-4-8(10)6-9/h3-6H,7,10H2,1-2H3. The van der Waals surface area contributed by atoms with Crippen LogP contribution in [-0.4, -0.2) is 33.3 Å². The van der Waals surface area contributed by atoms with Crippen molar-refractivity contribution < 1.29 is 8.42 Å². The van der Waals surface area contributed by atoms with Crippen LogP contribution in [0.4, 0.5) is 5.69 Å². The summed E-state index contributed by atoms with van der Waals surface area (Å²) in [5.41, 5.74) is 5.97. The van der Waals surface area contributed by atoms with E-state index in [-0.39, 0.29) is 10.8 Å². The molecule has 1 rings (SSSR count). The second kappa shape index (κ2) is 3.98. The molecule has 0 bridgehead atoms. The molecular formula is C9H14N2O2S. The van der Waals surface area contributed by atoms with E-state index in [0.717, 1.165) is 0 Å². The fraction of sp³-hybridized carbons (Fsp3) is 0.333. The maximum absolute atomic E-state index is 11.7. The molecule has 0 heterocycles. The highest BCUT2D eigenvalue weighted by atomic mass is 32.2. The zero-order valence-electron chi connectivity index (χ0n) is 8.27. The lowest BCUT2D eigenvalue weighted by Gasteiger charge is -2.10. The number of nitrogens with zero attached hydrogens (tertiary/aromatic N) is 1. The number of hydrogen-bond acceptors (Lipinski definition) is 4. The predicted molar refractivity (Wildman–Crippen MR) is 56.6 cm³/mol. The number of benzene rings is 1. The van der Waals surface area contributed by atoms with Crippen molar-refractivity contribution in [2.24, 2.45) is 0 Å². The van der Waals surface area contributed by atoms with Gasteiger partial charge in [-0.3, -0.25) is 4.90 Å². The molecule has 4 nitrogen and oxygen atoms in total. The fourth-order valence-electron chi connectivity index (χ4n) is 1.12. The SMILES string of the molecule is CN(C)CS(=O)(=O)c1cccc(N)c1. The van der Waals surface area contributed by atoms with E-state index in [2.05, 4.69) is 0 Å². The molecule has 0 aliphatic heterocycles. The normalized spacial score (nSPS) is 11.9. The summed E-state index contributed by atoms with van der Waals surface area (Å²) in [5, 5.41) is 0. The van der Waals surface area contributed by atoms with Gasteiger partial charge in [-0.1, -0.05) is 6.07 Å². The van der Waals surface area contributed by atoms with Gasteiger partial charge in [-0.15, -0.1) is 0 Å². The summed E-state index contributed by atoms with van der Waals surface area (Å²) in [5.74, 6) is -0.00352. The lowest BCUT2D eigenvalue weighted by molar-refractivity contribution is 0.462. The van der Waals surface area contributed by atoms with Gasteiger partial charge in [0.2, 0.25) is 0 Å². The van der Waals surface area contributed by atoms with E-state index in [1.54, 1.807) is 37.2 Å². The molecule has 0 spiro atoms. The van der Waals surface area contributed by atoms with E-state index in [0.29, 0.717) is 5.69 Å². The van der Waals surface area contributed by atoms with Crippen molar-refractivity contribution in [3.8, 4) is 0 Å². The molecule has 1 aromatic rings. The molecule has 78 valence electrons. The van der Waals surface area contributed by atoms with E-state index in [1.807, 2.05) is 0 Å². The molecular weight excluding hydrogens is 200 g/mol. The number of sulfone groups is 1. The van der Waals surface area contributed by atoms with E-state index in [1.165, 1.54) is 6.07 Å². The highest BCUT2D eigenvalue weighted by molar-refractivity contribution is 7.91. The van der Waals surface area contributed by atoms with Crippen LogP contribution in [0.5, 0.6) is 0 Å². The van der Waals surface area contributed by atoms with Crippen molar-refractivity contribution in [2.45, 2.75) is 4.90 Å². The molecule has 0 radical (unpaired) electrons. The molecule has 0 unspecified atom stereocenters. The van der Waals surface area contributed by atoms with Crippen molar-refractivity contribution >= 4 is 15.5 Å². The molecule has 0 saturated heterocycles. The van der Waals surface area contributed by atoms with Gasteiger partial charge in [0.1, 0.15) is 5.88 Å². The summed E-state index contributed by atoms with van der Waals surface area (Å²) in [7, 11) is 0.188. The lowest BCUT2D eigenvalue weighted by Crippen LogP contribution is -2.22. The molecule has 0 aliphatic rings. The summed E-state index contributed by atoms with van der Waals surface area (Å²) >= 11 is 0. The molecule has 1 aromatic carbocycles. The van der Waals surface area contributed by atoms with Gasteiger partial charge in [0.25, 0.3) is 0 Å². The monoisotopic (exact) mass is 214 g/mol. The zero-order valence-corrected chi connectivity index (χ0v) is 9.08. The average molecular weight is 214 g/mol. The molecule has 0 aliphatic carbocycles. The van der Waals surface area contributed by atoms with E-state index >= 15 is 0 Å². The minimum absolute atomic E-state index is 0.00352. The number of nitrogens with two attached hydrogens (primary N) is 1. The lowest BCUT2D eigenvalue weighted by atomic mass is 10.3. The average Bonchev–Trinajstić information content (AvgIpc) is 2.01. The Balaban J connectivity index is 3.05. The largest absolute Gasteiger partial charge is 0.399 e. The molecule has 2 N–H and O–H groups in total. The van der Waals surface area contributed by atoms with Crippen LogP contribution in [0.15, 0.2) is 29.2 Å². The molecule has 5 heteroatoms. The van der Waals surface area contributed by atoms with Crippen LogP contribution in [0.25, 0.3) is 0 Å². The first-order valence-corrected chi connectivity index (χ1v) is 5.80. The second-order valence-corrected chi connectivity index (χ2v) is 5.36. The summed E-state index contributed by atoms with van der Waals surface area (Å²) in [6.45, 7) is 0. The number of rotatable bonds is 3. The topological polar surface area (TPSA) is 63.4 Å². The Morgan fingerprint density at radius 2 is 2.00 bits per heavy atom. The Labute approximate surface area is 84.3 Å². The second-order valence-electron chi connectivity index (χ2n) is 3.40. The van der Waals surface area contributed by atoms with Crippen LogP contribution in [0.2, 0.25) is 0 Å². The Morgan fingerprint density at radius 1 is 1.36 bits per heavy atom. The maximum Gasteiger partial charge on any atom is 0.191 e. The number of anilines is 1. The van der Waals surface area contributed by atoms with Crippen LogP contribution in [0.1, 0.15) is 0 Å². The number of hydrogen-bond donors (Lipinski definition) is 1. The highest BCUT2D eigenvalue weighted by Crippen LogP contribution is 2.14. The van der Waals surface area contributed by atoms with Gasteiger partial charge in [0.15, 0.2) is 9.84 Å². The van der Waals surface area contributed by atoms with E-state index in [4.69, 9.17) is 5.73 Å².